The lowest BCUT2D eigenvalue weighted by Crippen LogP contribution is -2.67. The molecular formula is C30H43NO4S. The summed E-state index contributed by atoms with van der Waals surface area (Å²) in [5.74, 6) is 0.209. The molecule has 1 heterocycles. The van der Waals surface area contributed by atoms with E-state index in [0.717, 1.165) is 50.6 Å². The molecule has 1 spiro atoms. The van der Waals surface area contributed by atoms with Crippen molar-refractivity contribution in [1.82, 2.24) is 0 Å². The van der Waals surface area contributed by atoms with E-state index in [-0.39, 0.29) is 16.9 Å². The molecule has 6 atom stereocenters. The summed E-state index contributed by atoms with van der Waals surface area (Å²) >= 11 is 1.86. The maximum absolute atomic E-state index is 12.7. The first kappa shape index (κ1) is 25.2. The minimum Gasteiger partial charge on any atom is -0.393 e. The molecule has 1 aromatic rings. The Balaban J connectivity index is 1.41. The van der Waals surface area contributed by atoms with Gasteiger partial charge < -0.3 is 25.0 Å². The van der Waals surface area contributed by atoms with Gasteiger partial charge in [0.25, 0.3) is 0 Å². The molecule has 5 nitrogen and oxygen atoms in total. The molecule has 4 aliphatic carbocycles. The van der Waals surface area contributed by atoms with E-state index >= 15 is 0 Å². The third-order valence-corrected chi connectivity index (χ3v) is 12.0. The van der Waals surface area contributed by atoms with Crippen LogP contribution in [0.3, 0.4) is 0 Å². The van der Waals surface area contributed by atoms with Crippen LogP contribution in [0.1, 0.15) is 72.1 Å². The molecule has 3 saturated carbocycles. The lowest BCUT2D eigenvalue weighted by atomic mass is 9.52. The van der Waals surface area contributed by atoms with Crippen LogP contribution < -0.4 is 5.32 Å². The van der Waals surface area contributed by atoms with Crippen LogP contribution in [0.2, 0.25) is 0 Å². The number of aliphatic hydroxyl groups is 2. The van der Waals surface area contributed by atoms with E-state index in [1.165, 1.54) is 10.5 Å². The molecule has 0 bridgehead atoms. The fraction of sp³-hybridized carbons (Fsp3) is 0.733. The van der Waals surface area contributed by atoms with Gasteiger partial charge in [-0.3, -0.25) is 0 Å². The number of aliphatic hydroxyl groups excluding tert-OH is 1. The molecule has 1 aromatic carbocycles. The largest absolute Gasteiger partial charge is 0.393 e. The summed E-state index contributed by atoms with van der Waals surface area (Å²) in [5, 5.41) is 26.9. The SMILES string of the molecule is CNc1cccc(S[C@]23CCC4(C[C@]2(O)CC[C@@H]2C3=CC[C@]3(C)[C@@H](O)CC[C@@H]23)OCC(C)(C)CO4)c1. The van der Waals surface area contributed by atoms with E-state index in [4.69, 9.17) is 9.47 Å². The van der Waals surface area contributed by atoms with E-state index in [9.17, 15) is 10.2 Å². The highest BCUT2D eigenvalue weighted by molar-refractivity contribution is 8.01. The summed E-state index contributed by atoms with van der Waals surface area (Å²) in [5.41, 5.74) is 1.56. The number of hydrogen-bond acceptors (Lipinski definition) is 6. The summed E-state index contributed by atoms with van der Waals surface area (Å²) in [7, 11) is 1.95. The Morgan fingerprint density at radius 3 is 2.56 bits per heavy atom. The second-order valence-electron chi connectivity index (χ2n) is 13.3. The molecule has 6 rings (SSSR count). The van der Waals surface area contributed by atoms with Crippen molar-refractivity contribution in [2.75, 3.05) is 25.6 Å². The zero-order valence-corrected chi connectivity index (χ0v) is 23.1. The van der Waals surface area contributed by atoms with Gasteiger partial charge >= 0.3 is 0 Å². The highest BCUT2D eigenvalue weighted by Crippen LogP contribution is 2.68. The van der Waals surface area contributed by atoms with Crippen LogP contribution in [-0.2, 0) is 9.47 Å². The van der Waals surface area contributed by atoms with Gasteiger partial charge in [0.1, 0.15) is 0 Å². The zero-order chi connectivity index (χ0) is 25.4. The van der Waals surface area contributed by atoms with Crippen LogP contribution in [0.5, 0.6) is 0 Å². The number of thioether (sulfide) groups is 1. The normalized spacial score (nSPS) is 42.7. The molecule has 1 saturated heterocycles. The predicted octanol–water partition coefficient (Wildman–Crippen LogP) is 5.76. The van der Waals surface area contributed by atoms with Gasteiger partial charge in [-0.15, -0.1) is 11.8 Å². The van der Waals surface area contributed by atoms with Crippen molar-refractivity contribution in [3.05, 3.63) is 35.9 Å². The van der Waals surface area contributed by atoms with E-state index < -0.39 is 16.1 Å². The molecule has 4 fully saturated rings. The van der Waals surface area contributed by atoms with E-state index in [1.54, 1.807) is 0 Å². The van der Waals surface area contributed by atoms with Gasteiger partial charge in [0.2, 0.25) is 0 Å². The van der Waals surface area contributed by atoms with Gasteiger partial charge in [-0.25, -0.2) is 0 Å². The molecule has 0 aromatic heterocycles. The Kier molecular flexibility index (Phi) is 5.94. The summed E-state index contributed by atoms with van der Waals surface area (Å²) in [4.78, 5) is 1.18. The lowest BCUT2D eigenvalue weighted by Gasteiger charge is -2.63. The Hall–Kier alpha value is -1.05. The van der Waals surface area contributed by atoms with Crippen molar-refractivity contribution in [1.29, 1.82) is 0 Å². The van der Waals surface area contributed by atoms with Crippen LogP contribution in [0, 0.1) is 22.7 Å². The number of fused-ring (bicyclic) bond motifs is 5. The first-order valence-electron chi connectivity index (χ1n) is 13.9. The minimum absolute atomic E-state index is 0.00205. The first-order chi connectivity index (χ1) is 17.0. The molecule has 6 heteroatoms. The Morgan fingerprint density at radius 1 is 1.03 bits per heavy atom. The fourth-order valence-corrected chi connectivity index (χ4v) is 9.85. The maximum atomic E-state index is 12.7. The summed E-state index contributed by atoms with van der Waals surface area (Å²) < 4.78 is 12.5. The number of allylic oxidation sites excluding steroid dienone is 1. The number of rotatable bonds is 3. The third kappa shape index (κ3) is 3.73. The van der Waals surface area contributed by atoms with E-state index in [1.807, 2.05) is 18.8 Å². The smallest absolute Gasteiger partial charge is 0.171 e. The van der Waals surface area contributed by atoms with E-state index in [2.05, 4.69) is 56.4 Å². The van der Waals surface area contributed by atoms with Gasteiger partial charge in [0.05, 0.1) is 29.7 Å². The number of benzene rings is 1. The van der Waals surface area contributed by atoms with Crippen molar-refractivity contribution < 1.29 is 19.7 Å². The number of anilines is 1. The van der Waals surface area contributed by atoms with Crippen LogP contribution in [-0.4, -0.2) is 52.7 Å². The highest BCUT2D eigenvalue weighted by atomic mass is 32.2. The maximum Gasteiger partial charge on any atom is 0.171 e. The average molecular weight is 514 g/mol. The molecule has 198 valence electrons. The van der Waals surface area contributed by atoms with Gasteiger partial charge in [0.15, 0.2) is 5.79 Å². The van der Waals surface area contributed by atoms with Crippen molar-refractivity contribution >= 4 is 17.4 Å². The van der Waals surface area contributed by atoms with Gasteiger partial charge in [-0.2, -0.15) is 0 Å². The highest BCUT2D eigenvalue weighted by Gasteiger charge is 2.67. The van der Waals surface area contributed by atoms with Crippen molar-refractivity contribution in [2.24, 2.45) is 22.7 Å². The molecular weight excluding hydrogens is 470 g/mol. The minimum atomic E-state index is -0.916. The molecule has 5 aliphatic rings. The second kappa shape index (κ2) is 8.47. The van der Waals surface area contributed by atoms with Gasteiger partial charge in [0, 0.05) is 41.3 Å². The summed E-state index contributed by atoms with van der Waals surface area (Å²) in [6.07, 6.45) is 8.93. The van der Waals surface area contributed by atoms with Crippen LogP contribution in [0.25, 0.3) is 0 Å². The van der Waals surface area contributed by atoms with Crippen LogP contribution in [0.4, 0.5) is 5.69 Å². The van der Waals surface area contributed by atoms with E-state index in [0.29, 0.717) is 31.5 Å². The topological polar surface area (TPSA) is 71.0 Å². The molecule has 3 N–H and O–H groups in total. The standard InChI is InChI=1S/C30H43NO4S/c1-26(2)18-34-29(35-19-26)14-15-30(36-21-7-5-6-20(16-21)31-4)24-11-12-27(3)23(8-9-25(27)32)22(24)10-13-28(30,33)17-29/h5-7,11,16,22-23,25,31-33H,8-10,12-15,17-19H2,1-4H3/t22-,23-,25-,27-,28+,30-/m0/s1. The number of hydrogen-bond donors (Lipinski definition) is 3. The summed E-state index contributed by atoms with van der Waals surface area (Å²) in [6, 6.07) is 8.57. The van der Waals surface area contributed by atoms with Crippen molar-refractivity contribution in [3.8, 4) is 0 Å². The molecule has 0 amide bonds. The van der Waals surface area contributed by atoms with Crippen molar-refractivity contribution in [2.45, 2.75) is 99.3 Å². The van der Waals surface area contributed by atoms with Crippen LogP contribution in [0.15, 0.2) is 40.8 Å². The first-order valence-corrected chi connectivity index (χ1v) is 14.7. The lowest BCUT2D eigenvalue weighted by molar-refractivity contribution is -0.331. The fourth-order valence-electron chi connectivity index (χ4n) is 8.19. The third-order valence-electron chi connectivity index (χ3n) is 10.4. The van der Waals surface area contributed by atoms with Crippen molar-refractivity contribution in [3.63, 3.8) is 0 Å². The summed E-state index contributed by atoms with van der Waals surface area (Å²) in [6.45, 7) is 7.98. The Morgan fingerprint density at radius 2 is 1.81 bits per heavy atom. The molecule has 36 heavy (non-hydrogen) atoms. The average Bonchev–Trinajstić information content (AvgIpc) is 3.16. The van der Waals surface area contributed by atoms with Gasteiger partial charge in [-0.1, -0.05) is 38.5 Å². The zero-order valence-electron chi connectivity index (χ0n) is 22.3. The molecule has 1 aliphatic heterocycles. The van der Waals surface area contributed by atoms with Crippen LogP contribution >= 0.6 is 11.8 Å². The quantitative estimate of drug-likeness (QED) is 0.447. The monoisotopic (exact) mass is 513 g/mol. The Bertz CT molecular complexity index is 1050. The molecule has 0 unspecified atom stereocenters. The van der Waals surface area contributed by atoms with Gasteiger partial charge in [-0.05, 0) is 68.6 Å². The Labute approximate surface area is 220 Å². The number of ether oxygens (including phenoxy) is 2. The molecule has 0 radical (unpaired) electrons. The second-order valence-corrected chi connectivity index (χ2v) is 14.7. The predicted molar refractivity (Wildman–Crippen MR) is 144 cm³/mol. The number of nitrogens with one attached hydrogen (secondary N) is 1.